The lowest BCUT2D eigenvalue weighted by atomic mass is 9.98. The summed E-state index contributed by atoms with van der Waals surface area (Å²) in [4.78, 5) is 55.9. The Morgan fingerprint density at radius 2 is 1.48 bits per heavy atom. The van der Waals surface area contributed by atoms with E-state index < -0.39 is 54.6 Å². The van der Waals surface area contributed by atoms with Gasteiger partial charge in [0.15, 0.2) is 24.6 Å². The molecule has 0 saturated carbocycles. The van der Waals surface area contributed by atoms with Crippen LogP contribution in [0.4, 0.5) is 0 Å². The SMILES string of the molecule is COC1OC(C(=O)O)C(OC)C(OC(=O)/C=C\OC=O)C1OC(=O)/C=C\C(=O)O. The van der Waals surface area contributed by atoms with Gasteiger partial charge in [-0.25, -0.2) is 19.2 Å². The molecule has 1 aliphatic heterocycles. The smallest absolute Gasteiger partial charge is 0.335 e. The highest BCUT2D eigenvalue weighted by atomic mass is 16.7. The van der Waals surface area contributed by atoms with Gasteiger partial charge in [0.2, 0.25) is 0 Å². The number of rotatable bonds is 10. The van der Waals surface area contributed by atoms with E-state index in [4.69, 9.17) is 28.8 Å². The van der Waals surface area contributed by atoms with Crippen LogP contribution in [-0.4, -0.2) is 85.5 Å². The van der Waals surface area contributed by atoms with Crippen molar-refractivity contribution in [2.45, 2.75) is 30.7 Å². The normalized spacial score (nSPS) is 26.8. The summed E-state index contributed by atoms with van der Waals surface area (Å²) in [7, 11) is 2.22. The molecule has 1 fully saturated rings. The first-order chi connectivity index (χ1) is 13.7. The molecule has 0 aromatic heterocycles. The molecule has 5 atom stereocenters. The topological polar surface area (TPSA) is 181 Å². The number of aliphatic carboxylic acids is 2. The third-order valence-electron chi connectivity index (χ3n) is 3.45. The zero-order valence-corrected chi connectivity index (χ0v) is 15.2. The molecule has 0 bridgehead atoms. The fraction of sp³-hybridized carbons (Fsp3) is 0.438. The second-order valence-corrected chi connectivity index (χ2v) is 5.21. The summed E-state index contributed by atoms with van der Waals surface area (Å²) in [6.07, 6.45) is -5.19. The predicted octanol–water partition coefficient (Wildman–Crippen LogP) is -1.39. The molecule has 0 amide bonds. The van der Waals surface area contributed by atoms with Crippen molar-refractivity contribution in [3.8, 4) is 0 Å². The molecule has 29 heavy (non-hydrogen) atoms. The molecule has 0 spiro atoms. The molecule has 1 aliphatic rings. The van der Waals surface area contributed by atoms with Crippen LogP contribution in [0, 0.1) is 0 Å². The van der Waals surface area contributed by atoms with Crippen molar-refractivity contribution < 1.29 is 62.6 Å². The molecule has 0 aromatic rings. The second kappa shape index (κ2) is 11.5. The molecule has 13 heteroatoms. The zero-order chi connectivity index (χ0) is 22.0. The van der Waals surface area contributed by atoms with Crippen molar-refractivity contribution in [2.24, 2.45) is 0 Å². The van der Waals surface area contributed by atoms with Gasteiger partial charge >= 0.3 is 23.9 Å². The van der Waals surface area contributed by atoms with Crippen molar-refractivity contribution in [2.75, 3.05) is 14.2 Å². The lowest BCUT2D eigenvalue weighted by molar-refractivity contribution is -0.295. The minimum atomic E-state index is -1.66. The summed E-state index contributed by atoms with van der Waals surface area (Å²) >= 11 is 0. The Morgan fingerprint density at radius 1 is 0.862 bits per heavy atom. The average molecular weight is 418 g/mol. The van der Waals surface area contributed by atoms with Gasteiger partial charge in [0, 0.05) is 26.4 Å². The molecule has 160 valence electrons. The molecule has 5 unspecified atom stereocenters. The Balaban J connectivity index is 3.19. The maximum atomic E-state index is 11.9. The number of methoxy groups -OCH3 is 2. The monoisotopic (exact) mass is 418 g/mol. The third-order valence-corrected chi connectivity index (χ3v) is 3.45. The van der Waals surface area contributed by atoms with Gasteiger partial charge in [0.05, 0.1) is 6.08 Å². The first kappa shape index (κ1) is 23.7. The Labute approximate surface area is 163 Å². The van der Waals surface area contributed by atoms with E-state index in [2.05, 4.69) is 4.74 Å². The number of carboxylic acids is 2. The number of hydrogen-bond donors (Lipinski definition) is 2. The first-order valence-electron chi connectivity index (χ1n) is 7.76. The molecule has 1 saturated heterocycles. The Hall–Kier alpha value is -3.29. The Kier molecular flexibility index (Phi) is 9.44. The Morgan fingerprint density at radius 3 is 2.00 bits per heavy atom. The van der Waals surface area contributed by atoms with Crippen molar-refractivity contribution in [3.05, 3.63) is 24.5 Å². The lowest BCUT2D eigenvalue weighted by Gasteiger charge is -2.42. The van der Waals surface area contributed by atoms with E-state index in [1.807, 2.05) is 0 Å². The molecule has 1 rings (SSSR count). The summed E-state index contributed by atoms with van der Waals surface area (Å²) in [6, 6.07) is 0. The van der Waals surface area contributed by atoms with E-state index in [0.717, 1.165) is 14.2 Å². The molecule has 0 aromatic carbocycles. The maximum Gasteiger partial charge on any atom is 0.335 e. The van der Waals surface area contributed by atoms with Crippen LogP contribution >= 0.6 is 0 Å². The van der Waals surface area contributed by atoms with E-state index in [-0.39, 0.29) is 6.47 Å². The summed E-state index contributed by atoms with van der Waals surface area (Å²) in [5.41, 5.74) is 0. The van der Waals surface area contributed by atoms with Crippen molar-refractivity contribution in [1.29, 1.82) is 0 Å². The number of carbonyl (C=O) groups excluding carboxylic acids is 3. The largest absolute Gasteiger partial charge is 0.479 e. The predicted molar refractivity (Wildman–Crippen MR) is 86.9 cm³/mol. The number of esters is 2. The highest BCUT2D eigenvalue weighted by molar-refractivity contribution is 5.90. The molecule has 0 radical (unpaired) electrons. The highest BCUT2D eigenvalue weighted by Gasteiger charge is 2.53. The van der Waals surface area contributed by atoms with Crippen LogP contribution in [0.25, 0.3) is 0 Å². The van der Waals surface area contributed by atoms with Crippen LogP contribution in [0.3, 0.4) is 0 Å². The quantitative estimate of drug-likeness (QED) is 0.139. The van der Waals surface area contributed by atoms with Crippen LogP contribution in [-0.2, 0) is 52.4 Å². The fourth-order valence-electron chi connectivity index (χ4n) is 2.33. The van der Waals surface area contributed by atoms with E-state index >= 15 is 0 Å². The number of ether oxygens (including phenoxy) is 6. The number of carboxylic acid groups (broad SMARTS) is 2. The first-order valence-corrected chi connectivity index (χ1v) is 7.76. The van der Waals surface area contributed by atoms with E-state index in [9.17, 15) is 29.1 Å². The van der Waals surface area contributed by atoms with Gasteiger partial charge in [-0.2, -0.15) is 0 Å². The summed E-state index contributed by atoms with van der Waals surface area (Å²) < 4.78 is 29.6. The van der Waals surface area contributed by atoms with Crippen molar-refractivity contribution >= 4 is 30.3 Å². The average Bonchev–Trinajstić information content (AvgIpc) is 2.67. The molecule has 1 heterocycles. The molecular weight excluding hydrogens is 400 g/mol. The Bertz CT molecular complexity index is 682. The van der Waals surface area contributed by atoms with Crippen LogP contribution < -0.4 is 0 Å². The standard InChI is InChI=1S/C16H18O13/c1-24-11-12(27-10(21)5-6-26-7-17)14(28-9(20)4-3-8(18)19)16(25-2)29-13(11)15(22)23/h3-7,11-14,16H,1-2H3,(H,18,19)(H,22,23)/b4-3-,6-5-. The van der Waals surface area contributed by atoms with Crippen LogP contribution in [0.2, 0.25) is 0 Å². The number of hydrogen-bond acceptors (Lipinski definition) is 11. The zero-order valence-electron chi connectivity index (χ0n) is 15.2. The minimum absolute atomic E-state index is 0.0387. The van der Waals surface area contributed by atoms with Crippen molar-refractivity contribution in [3.63, 3.8) is 0 Å². The molecule has 13 nitrogen and oxygen atoms in total. The van der Waals surface area contributed by atoms with Gasteiger partial charge in [0.25, 0.3) is 6.47 Å². The summed E-state index contributed by atoms with van der Waals surface area (Å²) in [6.45, 7) is 0.0387. The van der Waals surface area contributed by atoms with Crippen LogP contribution in [0.1, 0.15) is 0 Å². The summed E-state index contributed by atoms with van der Waals surface area (Å²) in [5, 5.41) is 17.9. The lowest BCUT2D eigenvalue weighted by Crippen LogP contribution is -2.63. The highest BCUT2D eigenvalue weighted by Crippen LogP contribution is 2.29. The number of carbonyl (C=O) groups is 5. The van der Waals surface area contributed by atoms with E-state index in [1.165, 1.54) is 0 Å². The minimum Gasteiger partial charge on any atom is -0.479 e. The molecule has 2 N–H and O–H groups in total. The second-order valence-electron chi connectivity index (χ2n) is 5.21. The van der Waals surface area contributed by atoms with Crippen molar-refractivity contribution in [1.82, 2.24) is 0 Å². The van der Waals surface area contributed by atoms with Gasteiger partial charge in [-0.05, 0) is 0 Å². The molecular formula is C16H18O13. The van der Waals surface area contributed by atoms with Gasteiger partial charge in [-0.3, -0.25) is 4.79 Å². The van der Waals surface area contributed by atoms with Gasteiger partial charge in [-0.1, -0.05) is 0 Å². The molecule has 0 aliphatic carbocycles. The van der Waals surface area contributed by atoms with Gasteiger partial charge in [0.1, 0.15) is 12.4 Å². The summed E-state index contributed by atoms with van der Waals surface area (Å²) in [5.74, 6) is -5.15. The van der Waals surface area contributed by atoms with E-state index in [0.29, 0.717) is 24.5 Å². The van der Waals surface area contributed by atoms with Crippen LogP contribution in [0.5, 0.6) is 0 Å². The van der Waals surface area contributed by atoms with Gasteiger partial charge in [-0.15, -0.1) is 0 Å². The van der Waals surface area contributed by atoms with Crippen LogP contribution in [0.15, 0.2) is 24.5 Å². The van der Waals surface area contributed by atoms with E-state index in [1.54, 1.807) is 0 Å². The van der Waals surface area contributed by atoms with Gasteiger partial charge < -0.3 is 38.6 Å². The maximum absolute atomic E-state index is 11.9. The third kappa shape index (κ3) is 6.99. The fourth-order valence-corrected chi connectivity index (χ4v) is 2.33.